The molecule has 1 unspecified atom stereocenters. The number of nitrogens with zero attached hydrogens (tertiary/aromatic N) is 2. The van der Waals surface area contributed by atoms with E-state index in [0.717, 1.165) is 24.3 Å². The third kappa shape index (κ3) is 3.74. The van der Waals surface area contributed by atoms with Crippen LogP contribution < -0.4 is 16.0 Å². The molecule has 0 aliphatic rings. The summed E-state index contributed by atoms with van der Waals surface area (Å²) in [7, 11) is 1.66. The highest BCUT2D eigenvalue weighted by Gasteiger charge is 2.11. The van der Waals surface area contributed by atoms with Gasteiger partial charge in [0.25, 0.3) is 0 Å². The molecule has 0 aliphatic heterocycles. The molecule has 19 heavy (non-hydrogen) atoms. The molecule has 5 nitrogen and oxygen atoms in total. The van der Waals surface area contributed by atoms with Crippen molar-refractivity contribution in [3.8, 4) is 5.75 Å². The van der Waals surface area contributed by atoms with Crippen LogP contribution in [0.3, 0.4) is 0 Å². The van der Waals surface area contributed by atoms with Crippen molar-refractivity contribution in [3.05, 3.63) is 54.1 Å². The Hall–Kier alpha value is -1.98. The topological polar surface area (TPSA) is 73.1 Å². The molecule has 0 amide bonds. The summed E-state index contributed by atoms with van der Waals surface area (Å²) in [6, 6.07) is 8.05. The van der Waals surface area contributed by atoms with Gasteiger partial charge in [0, 0.05) is 12.4 Å². The number of aromatic nitrogens is 2. The average Bonchev–Trinajstić information content (AvgIpc) is 2.49. The lowest BCUT2D eigenvalue weighted by molar-refractivity contribution is 0.414. The summed E-state index contributed by atoms with van der Waals surface area (Å²) in [6.07, 6.45) is 6.84. The zero-order chi connectivity index (χ0) is 13.5. The number of rotatable bonds is 6. The van der Waals surface area contributed by atoms with Crippen LogP contribution in [0, 0.1) is 0 Å². The molecule has 0 spiro atoms. The highest BCUT2D eigenvalue weighted by atomic mass is 16.5. The Morgan fingerprint density at radius 3 is 2.63 bits per heavy atom. The number of hydrogen-bond donors (Lipinski definition) is 2. The van der Waals surface area contributed by atoms with Gasteiger partial charge >= 0.3 is 0 Å². The van der Waals surface area contributed by atoms with Gasteiger partial charge in [-0.1, -0.05) is 12.1 Å². The van der Waals surface area contributed by atoms with Gasteiger partial charge in [0.2, 0.25) is 0 Å². The van der Waals surface area contributed by atoms with Crippen molar-refractivity contribution in [2.75, 3.05) is 7.11 Å². The molecule has 1 heterocycles. The molecule has 1 atom stereocenters. The van der Waals surface area contributed by atoms with Gasteiger partial charge in [-0.05, 0) is 30.5 Å². The van der Waals surface area contributed by atoms with Crippen molar-refractivity contribution in [1.82, 2.24) is 15.4 Å². The van der Waals surface area contributed by atoms with E-state index < -0.39 is 0 Å². The Morgan fingerprint density at radius 1 is 1.26 bits per heavy atom. The number of hydrazine groups is 1. The SMILES string of the molecule is COc1ccc(CCC(NN)c2cnccn2)cc1. The minimum absolute atomic E-state index is 0.0100. The second-order valence-electron chi connectivity index (χ2n) is 4.24. The fraction of sp³-hybridized carbons (Fsp3) is 0.286. The molecule has 100 valence electrons. The Bertz CT molecular complexity index is 487. The van der Waals surface area contributed by atoms with Gasteiger partial charge in [-0.3, -0.25) is 21.2 Å². The molecule has 0 fully saturated rings. The van der Waals surface area contributed by atoms with Crippen molar-refractivity contribution in [2.24, 2.45) is 5.84 Å². The van der Waals surface area contributed by atoms with Crippen LogP contribution in [-0.2, 0) is 6.42 Å². The monoisotopic (exact) mass is 258 g/mol. The minimum Gasteiger partial charge on any atom is -0.497 e. The van der Waals surface area contributed by atoms with Crippen molar-refractivity contribution in [1.29, 1.82) is 0 Å². The van der Waals surface area contributed by atoms with Gasteiger partial charge in [0.1, 0.15) is 5.75 Å². The molecular formula is C14H18N4O. The van der Waals surface area contributed by atoms with Crippen LogP contribution in [0.15, 0.2) is 42.9 Å². The fourth-order valence-electron chi connectivity index (χ4n) is 1.91. The molecule has 0 radical (unpaired) electrons. The van der Waals surface area contributed by atoms with Crippen LogP contribution in [0.5, 0.6) is 5.75 Å². The zero-order valence-corrected chi connectivity index (χ0v) is 10.9. The molecule has 1 aromatic carbocycles. The first-order valence-electron chi connectivity index (χ1n) is 6.18. The standard InChI is InChI=1S/C14H18N4O/c1-19-12-5-2-11(3-6-12)4-7-13(18-15)14-10-16-8-9-17-14/h2-3,5-6,8-10,13,18H,4,7,15H2,1H3. The lowest BCUT2D eigenvalue weighted by atomic mass is 10.0. The van der Waals surface area contributed by atoms with Crippen molar-refractivity contribution < 1.29 is 4.74 Å². The zero-order valence-electron chi connectivity index (χ0n) is 10.9. The Labute approximate surface area is 112 Å². The molecule has 1 aromatic heterocycles. The minimum atomic E-state index is 0.0100. The first-order valence-corrected chi connectivity index (χ1v) is 6.18. The van der Waals surface area contributed by atoms with Crippen LogP contribution in [0.4, 0.5) is 0 Å². The number of hydrogen-bond acceptors (Lipinski definition) is 5. The molecule has 0 bridgehead atoms. The maximum Gasteiger partial charge on any atom is 0.118 e. The summed E-state index contributed by atoms with van der Waals surface area (Å²) in [4.78, 5) is 8.32. The maximum absolute atomic E-state index is 5.58. The van der Waals surface area contributed by atoms with Gasteiger partial charge < -0.3 is 4.74 Å². The number of benzene rings is 1. The van der Waals surface area contributed by atoms with Crippen LogP contribution >= 0.6 is 0 Å². The number of aryl methyl sites for hydroxylation is 1. The fourth-order valence-corrected chi connectivity index (χ4v) is 1.91. The summed E-state index contributed by atoms with van der Waals surface area (Å²) in [5, 5.41) is 0. The number of nitrogens with one attached hydrogen (secondary N) is 1. The van der Waals surface area contributed by atoms with E-state index in [1.165, 1.54) is 5.56 Å². The van der Waals surface area contributed by atoms with Gasteiger partial charge in [-0.25, -0.2) is 0 Å². The third-order valence-corrected chi connectivity index (χ3v) is 3.02. The van der Waals surface area contributed by atoms with Gasteiger partial charge in [0.05, 0.1) is 25.0 Å². The second-order valence-corrected chi connectivity index (χ2v) is 4.24. The smallest absolute Gasteiger partial charge is 0.118 e. The molecule has 2 aromatic rings. The summed E-state index contributed by atoms with van der Waals surface area (Å²) >= 11 is 0. The Morgan fingerprint density at radius 2 is 2.05 bits per heavy atom. The van der Waals surface area contributed by atoms with E-state index in [-0.39, 0.29) is 6.04 Å². The number of nitrogens with two attached hydrogens (primary N) is 1. The molecule has 2 rings (SSSR count). The van der Waals surface area contributed by atoms with E-state index >= 15 is 0 Å². The van der Waals surface area contributed by atoms with Crippen LogP contribution in [0.1, 0.15) is 23.7 Å². The van der Waals surface area contributed by atoms with Gasteiger partial charge in [-0.2, -0.15) is 0 Å². The molecule has 0 aliphatic carbocycles. The lowest BCUT2D eigenvalue weighted by Gasteiger charge is -2.14. The van der Waals surface area contributed by atoms with E-state index in [4.69, 9.17) is 10.6 Å². The summed E-state index contributed by atoms with van der Waals surface area (Å²) in [5.74, 6) is 6.44. The predicted octanol–water partition coefficient (Wildman–Crippen LogP) is 1.62. The third-order valence-electron chi connectivity index (χ3n) is 3.02. The largest absolute Gasteiger partial charge is 0.497 e. The number of ether oxygens (including phenoxy) is 1. The van der Waals surface area contributed by atoms with Crippen molar-refractivity contribution >= 4 is 0 Å². The summed E-state index contributed by atoms with van der Waals surface area (Å²) in [5.41, 5.74) is 4.88. The van der Waals surface area contributed by atoms with Crippen LogP contribution in [-0.4, -0.2) is 17.1 Å². The summed E-state index contributed by atoms with van der Waals surface area (Å²) in [6.45, 7) is 0. The molecule has 3 N–H and O–H groups in total. The quantitative estimate of drug-likeness (QED) is 0.608. The highest BCUT2D eigenvalue weighted by Crippen LogP contribution is 2.17. The van der Waals surface area contributed by atoms with E-state index in [1.807, 2.05) is 12.1 Å². The van der Waals surface area contributed by atoms with E-state index in [1.54, 1.807) is 25.7 Å². The van der Waals surface area contributed by atoms with Crippen molar-refractivity contribution in [3.63, 3.8) is 0 Å². The van der Waals surface area contributed by atoms with Crippen LogP contribution in [0.25, 0.3) is 0 Å². The van der Waals surface area contributed by atoms with Gasteiger partial charge in [0.15, 0.2) is 0 Å². The molecule has 0 saturated heterocycles. The number of methoxy groups -OCH3 is 1. The first-order chi connectivity index (χ1) is 9.33. The highest BCUT2D eigenvalue weighted by molar-refractivity contribution is 5.27. The Balaban J connectivity index is 1.96. The predicted molar refractivity (Wildman–Crippen MR) is 73.4 cm³/mol. The Kier molecular flexibility index (Phi) is 4.83. The molecular weight excluding hydrogens is 240 g/mol. The normalized spacial score (nSPS) is 12.1. The maximum atomic E-state index is 5.58. The van der Waals surface area contributed by atoms with Crippen LogP contribution in [0.2, 0.25) is 0 Å². The van der Waals surface area contributed by atoms with E-state index in [2.05, 4.69) is 27.5 Å². The first kappa shape index (κ1) is 13.5. The van der Waals surface area contributed by atoms with Crippen molar-refractivity contribution in [2.45, 2.75) is 18.9 Å². The molecule has 0 saturated carbocycles. The van der Waals surface area contributed by atoms with E-state index in [0.29, 0.717) is 0 Å². The average molecular weight is 258 g/mol. The summed E-state index contributed by atoms with van der Waals surface area (Å²) < 4.78 is 5.13. The molecule has 5 heteroatoms. The lowest BCUT2D eigenvalue weighted by Crippen LogP contribution is -2.29. The van der Waals surface area contributed by atoms with Gasteiger partial charge in [-0.15, -0.1) is 0 Å². The second kappa shape index (κ2) is 6.82. The van der Waals surface area contributed by atoms with E-state index in [9.17, 15) is 0 Å².